The summed E-state index contributed by atoms with van der Waals surface area (Å²) in [6.07, 6.45) is 0.296. The summed E-state index contributed by atoms with van der Waals surface area (Å²) in [6, 6.07) is 17.9. The molecule has 3 aromatic rings. The second kappa shape index (κ2) is 9.97. The van der Waals surface area contributed by atoms with Crippen LogP contribution in [0.4, 0.5) is 5.82 Å². The van der Waals surface area contributed by atoms with E-state index in [0.29, 0.717) is 53.5 Å². The van der Waals surface area contributed by atoms with Gasteiger partial charge in [-0.25, -0.2) is 9.78 Å². The molecule has 2 aromatic carbocycles. The van der Waals surface area contributed by atoms with Crippen LogP contribution in [0.5, 0.6) is 0 Å². The monoisotopic (exact) mass is 502 g/mol. The van der Waals surface area contributed by atoms with Gasteiger partial charge in [0.1, 0.15) is 18.0 Å². The van der Waals surface area contributed by atoms with Crippen molar-refractivity contribution in [1.82, 2.24) is 9.88 Å². The van der Waals surface area contributed by atoms with Crippen LogP contribution in [-0.2, 0) is 9.47 Å². The van der Waals surface area contributed by atoms with E-state index in [1.807, 2.05) is 17.0 Å². The Morgan fingerprint density at radius 3 is 2.67 bits per heavy atom. The van der Waals surface area contributed by atoms with Crippen molar-refractivity contribution in [3.05, 3.63) is 93.6 Å². The van der Waals surface area contributed by atoms with Crippen LogP contribution in [0.2, 0.25) is 5.02 Å². The van der Waals surface area contributed by atoms with Crippen molar-refractivity contribution >= 4 is 29.3 Å². The number of rotatable bonds is 5. The van der Waals surface area contributed by atoms with Crippen LogP contribution in [0.15, 0.2) is 60.8 Å². The molecule has 5 rings (SSSR count). The van der Waals surface area contributed by atoms with E-state index in [9.17, 15) is 9.59 Å². The number of nitrogens with zero attached hydrogens (tertiary/aromatic N) is 4. The zero-order chi connectivity index (χ0) is 25.2. The number of pyridine rings is 1. The predicted octanol–water partition coefficient (Wildman–Crippen LogP) is 4.17. The minimum atomic E-state index is -0.662. The van der Waals surface area contributed by atoms with Crippen molar-refractivity contribution in [2.75, 3.05) is 38.2 Å². The standard InChI is InChI=1S/C27H23ClN4O4/c1-35-24(25-22-14-20(28)6-7-21(22)27(34)36-25)18-3-2-4-19(13-18)26(33)32-11-9-31(10-12-32)23-8-5-17(15-29)16-30-23/h2-8,13-14,16,24-25H,9-12H2,1H3. The molecule has 0 aliphatic carbocycles. The zero-order valence-corrected chi connectivity index (χ0v) is 20.3. The first kappa shape index (κ1) is 23.8. The Hall–Kier alpha value is -3.93. The molecule has 0 radical (unpaired) electrons. The number of cyclic esters (lactones) is 1. The number of hydrogen-bond donors (Lipinski definition) is 0. The molecule has 0 N–H and O–H groups in total. The predicted molar refractivity (Wildman–Crippen MR) is 133 cm³/mol. The number of fused-ring (bicyclic) bond motifs is 1. The third-order valence-corrected chi connectivity index (χ3v) is 6.77. The minimum absolute atomic E-state index is 0.0778. The minimum Gasteiger partial charge on any atom is -0.451 e. The van der Waals surface area contributed by atoms with Gasteiger partial charge in [0.15, 0.2) is 6.10 Å². The van der Waals surface area contributed by atoms with Gasteiger partial charge in [0.2, 0.25) is 0 Å². The van der Waals surface area contributed by atoms with E-state index in [1.54, 1.807) is 55.8 Å². The molecule has 182 valence electrons. The van der Waals surface area contributed by atoms with Crippen LogP contribution in [0.25, 0.3) is 0 Å². The van der Waals surface area contributed by atoms with Gasteiger partial charge in [0.25, 0.3) is 5.91 Å². The van der Waals surface area contributed by atoms with Gasteiger partial charge in [0, 0.05) is 55.6 Å². The number of carbonyl (C=O) groups is 2. The highest BCUT2D eigenvalue weighted by atomic mass is 35.5. The van der Waals surface area contributed by atoms with Crippen LogP contribution in [0.3, 0.4) is 0 Å². The number of esters is 1. The topological polar surface area (TPSA) is 95.8 Å². The highest BCUT2D eigenvalue weighted by Gasteiger charge is 2.38. The lowest BCUT2D eigenvalue weighted by Gasteiger charge is -2.35. The fourth-order valence-electron chi connectivity index (χ4n) is 4.67. The first-order chi connectivity index (χ1) is 17.5. The summed E-state index contributed by atoms with van der Waals surface area (Å²) in [7, 11) is 1.55. The van der Waals surface area contributed by atoms with Crippen LogP contribution >= 0.6 is 11.6 Å². The van der Waals surface area contributed by atoms with Crippen molar-refractivity contribution < 1.29 is 19.1 Å². The van der Waals surface area contributed by atoms with Gasteiger partial charge in [0.05, 0.1) is 11.1 Å². The molecular formula is C27H23ClN4O4. The third kappa shape index (κ3) is 4.51. The molecular weight excluding hydrogens is 480 g/mol. The fraction of sp³-hybridized carbons (Fsp3) is 0.259. The molecule has 0 spiro atoms. The first-order valence-electron chi connectivity index (χ1n) is 11.5. The van der Waals surface area contributed by atoms with Gasteiger partial charge in [-0.15, -0.1) is 0 Å². The summed E-state index contributed by atoms with van der Waals surface area (Å²) in [5.74, 6) is 0.291. The maximum absolute atomic E-state index is 13.3. The Morgan fingerprint density at radius 2 is 1.97 bits per heavy atom. The Bertz CT molecular complexity index is 1350. The summed E-state index contributed by atoms with van der Waals surface area (Å²) in [5, 5.41) is 9.46. The molecule has 2 unspecified atom stereocenters. The number of aromatic nitrogens is 1. The van der Waals surface area contributed by atoms with Crippen molar-refractivity contribution in [2.45, 2.75) is 12.2 Å². The molecule has 36 heavy (non-hydrogen) atoms. The molecule has 1 saturated heterocycles. The van der Waals surface area contributed by atoms with Crippen LogP contribution in [0, 0.1) is 11.3 Å². The largest absolute Gasteiger partial charge is 0.451 e. The molecule has 1 fully saturated rings. The van der Waals surface area contributed by atoms with E-state index >= 15 is 0 Å². The van der Waals surface area contributed by atoms with E-state index in [-0.39, 0.29) is 5.91 Å². The molecule has 0 saturated carbocycles. The van der Waals surface area contributed by atoms with Gasteiger partial charge in [-0.1, -0.05) is 23.7 Å². The smallest absolute Gasteiger partial charge is 0.339 e. The van der Waals surface area contributed by atoms with Crippen molar-refractivity contribution in [1.29, 1.82) is 5.26 Å². The molecule has 1 aromatic heterocycles. The molecule has 9 heteroatoms. The van der Waals surface area contributed by atoms with E-state index in [4.69, 9.17) is 26.3 Å². The SMILES string of the molecule is COC(c1cccc(C(=O)N2CCN(c3ccc(C#N)cn3)CC2)c1)C1OC(=O)c2ccc(Cl)cc21. The molecule has 1 amide bonds. The van der Waals surface area contributed by atoms with Crippen molar-refractivity contribution in [3.63, 3.8) is 0 Å². The number of hydrogen-bond acceptors (Lipinski definition) is 7. The lowest BCUT2D eigenvalue weighted by atomic mass is 9.95. The Kier molecular flexibility index (Phi) is 6.59. The molecule has 8 nitrogen and oxygen atoms in total. The normalized spacial score (nSPS) is 17.8. The molecule has 3 heterocycles. The highest BCUT2D eigenvalue weighted by Crippen LogP contribution is 2.42. The van der Waals surface area contributed by atoms with Gasteiger partial charge in [-0.3, -0.25) is 4.79 Å². The number of piperazine rings is 1. The summed E-state index contributed by atoms with van der Waals surface area (Å²) in [5.41, 5.74) is 2.92. The van der Waals surface area contributed by atoms with Crippen LogP contribution < -0.4 is 4.90 Å². The summed E-state index contributed by atoms with van der Waals surface area (Å²) in [4.78, 5) is 34.0. The lowest BCUT2D eigenvalue weighted by molar-refractivity contribution is -0.0296. The van der Waals surface area contributed by atoms with Gasteiger partial charge in [-0.2, -0.15) is 5.26 Å². The first-order valence-corrected chi connectivity index (χ1v) is 11.9. The van der Waals surface area contributed by atoms with E-state index in [2.05, 4.69) is 16.0 Å². The maximum Gasteiger partial charge on any atom is 0.339 e. The summed E-state index contributed by atoms with van der Waals surface area (Å²) >= 11 is 6.17. The second-order valence-corrected chi connectivity index (χ2v) is 9.07. The Morgan fingerprint density at radius 1 is 1.17 bits per heavy atom. The second-order valence-electron chi connectivity index (χ2n) is 8.64. The quantitative estimate of drug-likeness (QED) is 0.483. The van der Waals surface area contributed by atoms with Crippen LogP contribution in [-0.4, -0.2) is 55.0 Å². The summed E-state index contributed by atoms with van der Waals surface area (Å²) < 4.78 is 11.4. The van der Waals surface area contributed by atoms with E-state index in [1.165, 1.54) is 0 Å². The number of methoxy groups -OCH3 is 1. The molecule has 2 aliphatic rings. The fourth-order valence-corrected chi connectivity index (χ4v) is 4.85. The van der Waals surface area contributed by atoms with Crippen LogP contribution in [0.1, 0.15) is 49.6 Å². The molecule has 0 bridgehead atoms. The van der Waals surface area contributed by atoms with Gasteiger partial charge >= 0.3 is 5.97 Å². The number of amides is 1. The van der Waals surface area contributed by atoms with Crippen molar-refractivity contribution in [3.8, 4) is 6.07 Å². The lowest BCUT2D eigenvalue weighted by Crippen LogP contribution is -2.49. The van der Waals surface area contributed by atoms with Gasteiger partial charge < -0.3 is 19.3 Å². The molecule has 2 atom stereocenters. The van der Waals surface area contributed by atoms with E-state index in [0.717, 1.165) is 11.4 Å². The van der Waals surface area contributed by atoms with Crippen molar-refractivity contribution in [2.24, 2.45) is 0 Å². The highest BCUT2D eigenvalue weighted by molar-refractivity contribution is 6.30. The Labute approximate surface area is 213 Å². The van der Waals surface area contributed by atoms with Gasteiger partial charge in [-0.05, 0) is 48.0 Å². The number of anilines is 1. The zero-order valence-electron chi connectivity index (χ0n) is 19.6. The molecule has 2 aliphatic heterocycles. The third-order valence-electron chi connectivity index (χ3n) is 6.53. The number of benzene rings is 2. The number of halogens is 1. The van der Waals surface area contributed by atoms with E-state index < -0.39 is 18.2 Å². The number of ether oxygens (including phenoxy) is 2. The maximum atomic E-state index is 13.3. The number of nitriles is 1. The number of carbonyl (C=O) groups excluding carboxylic acids is 2. The summed E-state index contributed by atoms with van der Waals surface area (Å²) in [6.45, 7) is 2.37. The average molecular weight is 503 g/mol. The average Bonchev–Trinajstić information content (AvgIpc) is 3.24. The Balaban J connectivity index is 1.30.